The number of fused-ring (bicyclic) bond motifs is 1. The van der Waals surface area contributed by atoms with Crippen LogP contribution in [0.2, 0.25) is 5.02 Å². The van der Waals surface area contributed by atoms with Crippen molar-refractivity contribution in [3.05, 3.63) is 49.8 Å². The molecule has 1 aromatic carbocycles. The molecule has 0 atom stereocenters. The summed E-state index contributed by atoms with van der Waals surface area (Å²) in [4.78, 5) is 12.8. The first-order valence-electron chi connectivity index (χ1n) is 7.86. The van der Waals surface area contributed by atoms with Crippen LogP contribution in [-0.4, -0.2) is 21.2 Å². The standard InChI is InChI=1S/C14H12BrClN4OS2/c1-19-11-6-17-20(2)13(21)12(11)23-14(18-19)22-7-8-3-4-9(15)5-10(8)16/h3-6H,7H2,1-2H3/i2D3. The lowest BCUT2D eigenvalue weighted by molar-refractivity contribution is 0.684. The molecule has 0 unspecified atom stereocenters. The summed E-state index contributed by atoms with van der Waals surface area (Å²) in [6.07, 6.45) is 1.34. The van der Waals surface area contributed by atoms with E-state index in [1.165, 1.54) is 23.0 Å². The highest BCUT2D eigenvalue weighted by molar-refractivity contribution is 9.10. The summed E-state index contributed by atoms with van der Waals surface area (Å²) < 4.78 is 24.3. The van der Waals surface area contributed by atoms with Gasteiger partial charge in [-0.2, -0.15) is 10.2 Å². The molecule has 3 rings (SSSR count). The van der Waals surface area contributed by atoms with E-state index in [4.69, 9.17) is 15.7 Å². The highest BCUT2D eigenvalue weighted by Gasteiger charge is 2.22. The van der Waals surface area contributed by atoms with E-state index in [-0.39, 0.29) is 4.90 Å². The maximum Gasteiger partial charge on any atom is 0.282 e. The first kappa shape index (κ1) is 13.3. The van der Waals surface area contributed by atoms with Crippen LogP contribution >= 0.6 is 51.1 Å². The summed E-state index contributed by atoms with van der Waals surface area (Å²) in [5.74, 6) is 0.569. The van der Waals surface area contributed by atoms with Gasteiger partial charge in [0.05, 0.1) is 11.9 Å². The van der Waals surface area contributed by atoms with Gasteiger partial charge in [0.2, 0.25) is 0 Å². The van der Waals surface area contributed by atoms with E-state index in [2.05, 4.69) is 26.1 Å². The van der Waals surface area contributed by atoms with Crippen LogP contribution in [0.5, 0.6) is 0 Å². The van der Waals surface area contributed by atoms with Crippen molar-refractivity contribution in [3.63, 3.8) is 0 Å². The summed E-state index contributed by atoms with van der Waals surface area (Å²) in [5, 5.41) is 10.3. The molecule has 5 nitrogen and oxygen atoms in total. The Labute approximate surface area is 159 Å². The van der Waals surface area contributed by atoms with E-state index in [0.29, 0.717) is 25.5 Å². The van der Waals surface area contributed by atoms with Gasteiger partial charge in [-0.3, -0.25) is 9.80 Å². The van der Waals surface area contributed by atoms with E-state index in [0.717, 1.165) is 21.8 Å². The third-order valence-corrected chi connectivity index (χ3v) is 6.13. The number of aromatic nitrogens is 2. The molecule has 0 bridgehead atoms. The fourth-order valence-corrected chi connectivity index (χ4v) is 4.87. The number of aryl methyl sites for hydroxylation is 1. The number of benzene rings is 1. The predicted octanol–water partition coefficient (Wildman–Crippen LogP) is 3.94. The molecule has 2 aromatic rings. The first-order valence-corrected chi connectivity index (χ1v) is 9.34. The van der Waals surface area contributed by atoms with Gasteiger partial charge in [-0.25, -0.2) is 4.68 Å². The smallest absolute Gasteiger partial charge is 0.266 e. The molecule has 2 heterocycles. The molecule has 0 fully saturated rings. The molecule has 0 N–H and O–H groups in total. The van der Waals surface area contributed by atoms with Crippen molar-refractivity contribution in [2.75, 3.05) is 12.1 Å². The van der Waals surface area contributed by atoms with E-state index in [1.54, 1.807) is 7.05 Å². The van der Waals surface area contributed by atoms with Crippen molar-refractivity contribution in [3.8, 4) is 0 Å². The Hall–Kier alpha value is -0.960. The highest BCUT2D eigenvalue weighted by atomic mass is 79.9. The maximum atomic E-state index is 12.5. The van der Waals surface area contributed by atoms with Gasteiger partial charge < -0.3 is 0 Å². The van der Waals surface area contributed by atoms with Crippen molar-refractivity contribution in [2.45, 2.75) is 10.6 Å². The Kier molecular flexibility index (Phi) is 3.99. The highest BCUT2D eigenvalue weighted by Crippen LogP contribution is 2.37. The second kappa shape index (κ2) is 6.88. The zero-order chi connectivity index (χ0) is 19.1. The number of anilines is 1. The Bertz CT molecular complexity index is 951. The van der Waals surface area contributed by atoms with Crippen molar-refractivity contribution in [1.29, 1.82) is 0 Å². The van der Waals surface area contributed by atoms with Crippen LogP contribution in [-0.2, 0) is 12.7 Å². The van der Waals surface area contributed by atoms with Gasteiger partial charge in [0, 0.05) is 33.4 Å². The number of rotatable bonds is 2. The van der Waals surface area contributed by atoms with E-state index in [1.807, 2.05) is 18.2 Å². The molecule has 1 aromatic heterocycles. The fraction of sp³-hybridized carbons (Fsp3) is 0.214. The minimum atomic E-state index is -2.63. The van der Waals surface area contributed by atoms with Crippen LogP contribution in [0.1, 0.15) is 9.68 Å². The SMILES string of the molecule is [2H]C([2H])([2H])n1ncc2c(c1=O)SC(SCc1ccc(Br)cc1Cl)=NN2C. The minimum Gasteiger partial charge on any atom is -0.266 e. The van der Waals surface area contributed by atoms with E-state index in [9.17, 15) is 4.79 Å². The number of thioether (sulfide) groups is 2. The van der Waals surface area contributed by atoms with Gasteiger partial charge in [0.25, 0.3) is 5.56 Å². The van der Waals surface area contributed by atoms with Crippen molar-refractivity contribution in [2.24, 2.45) is 12.1 Å². The predicted molar refractivity (Wildman–Crippen MR) is 102 cm³/mol. The first-order chi connectivity index (χ1) is 12.2. The van der Waals surface area contributed by atoms with Gasteiger partial charge in [0.15, 0.2) is 4.38 Å². The monoisotopic (exact) mass is 433 g/mol. The molecule has 0 radical (unpaired) electrons. The van der Waals surface area contributed by atoms with Gasteiger partial charge in [-0.05, 0) is 17.7 Å². The van der Waals surface area contributed by atoms with Gasteiger partial charge in [-0.15, -0.1) is 0 Å². The zero-order valence-electron chi connectivity index (χ0n) is 14.8. The molecule has 120 valence electrons. The second-order valence-electron chi connectivity index (χ2n) is 4.59. The largest absolute Gasteiger partial charge is 0.282 e. The minimum absolute atomic E-state index is 0.290. The fourth-order valence-electron chi connectivity index (χ4n) is 1.88. The molecule has 0 aliphatic carbocycles. The number of halogens is 2. The number of hydrogen-bond donors (Lipinski definition) is 0. The zero-order valence-corrected chi connectivity index (χ0v) is 15.8. The Morgan fingerprint density at radius 1 is 1.52 bits per heavy atom. The van der Waals surface area contributed by atoms with Crippen molar-refractivity contribution >= 4 is 61.1 Å². The molecule has 9 heteroatoms. The van der Waals surface area contributed by atoms with Crippen LogP contribution < -0.4 is 10.6 Å². The molecule has 0 amide bonds. The summed E-state index contributed by atoms with van der Waals surface area (Å²) in [6, 6.07) is 5.63. The molecule has 1 aliphatic rings. The second-order valence-corrected chi connectivity index (χ2v) is 8.14. The summed E-state index contributed by atoms with van der Waals surface area (Å²) >= 11 is 12.2. The summed E-state index contributed by atoms with van der Waals surface area (Å²) in [5.41, 5.74) is 0.756. The third kappa shape index (κ3) is 3.60. The third-order valence-electron chi connectivity index (χ3n) is 3.05. The lowest BCUT2D eigenvalue weighted by Gasteiger charge is -2.22. The average molecular weight is 435 g/mol. The lowest BCUT2D eigenvalue weighted by Crippen LogP contribution is -2.27. The van der Waals surface area contributed by atoms with Gasteiger partial charge >= 0.3 is 0 Å². The van der Waals surface area contributed by atoms with Crippen LogP contribution in [0, 0.1) is 0 Å². The van der Waals surface area contributed by atoms with Crippen LogP contribution in [0.15, 0.2) is 43.7 Å². The van der Waals surface area contributed by atoms with Crippen LogP contribution in [0.25, 0.3) is 0 Å². The quantitative estimate of drug-likeness (QED) is 0.716. The van der Waals surface area contributed by atoms with Gasteiger partial charge in [0.1, 0.15) is 4.90 Å². The molecule has 23 heavy (non-hydrogen) atoms. The maximum absolute atomic E-state index is 12.5. The van der Waals surface area contributed by atoms with E-state index >= 15 is 0 Å². The Morgan fingerprint density at radius 3 is 3.09 bits per heavy atom. The van der Waals surface area contributed by atoms with Crippen molar-refractivity contribution in [1.82, 2.24) is 9.78 Å². The van der Waals surface area contributed by atoms with Gasteiger partial charge in [-0.1, -0.05) is 57.1 Å². The van der Waals surface area contributed by atoms with E-state index < -0.39 is 12.5 Å². The molecule has 1 aliphatic heterocycles. The van der Waals surface area contributed by atoms with Crippen LogP contribution in [0.3, 0.4) is 0 Å². The average Bonchev–Trinajstić information content (AvgIpc) is 2.54. The molecular formula is C14H12BrClN4OS2. The van der Waals surface area contributed by atoms with Crippen LogP contribution in [0.4, 0.5) is 5.69 Å². The Morgan fingerprint density at radius 2 is 2.35 bits per heavy atom. The number of hydrogen-bond acceptors (Lipinski definition) is 6. The molecule has 0 saturated heterocycles. The lowest BCUT2D eigenvalue weighted by atomic mass is 10.2. The normalized spacial score (nSPS) is 16.2. The number of nitrogens with zero attached hydrogens (tertiary/aromatic N) is 4. The number of hydrazone groups is 1. The summed E-state index contributed by atoms with van der Waals surface area (Å²) in [7, 11) is 1.69. The molecule has 0 saturated carbocycles. The molecule has 0 spiro atoms. The molecular weight excluding hydrogens is 420 g/mol. The topological polar surface area (TPSA) is 50.5 Å². The summed E-state index contributed by atoms with van der Waals surface area (Å²) in [6.45, 7) is -2.63. The van der Waals surface area contributed by atoms with Crippen molar-refractivity contribution < 1.29 is 4.11 Å². The Balaban J connectivity index is 1.84.